The average Bonchev–Trinajstić information content (AvgIpc) is 2.97. The van der Waals surface area contributed by atoms with Crippen molar-refractivity contribution >= 4 is 12.2 Å². The molecule has 1 aromatic heterocycles. The Kier molecular flexibility index (Phi) is 5.88. The van der Waals surface area contributed by atoms with Crippen LogP contribution in [0.15, 0.2) is 24.5 Å². The molecule has 1 aliphatic rings. The lowest BCUT2D eigenvalue weighted by Gasteiger charge is -2.34. The smallest absolute Gasteiger partial charge is 0.198 e. The molecule has 6 nitrogen and oxygen atoms in total. The Bertz CT molecular complexity index is 761. The van der Waals surface area contributed by atoms with Crippen molar-refractivity contribution in [2.24, 2.45) is 0 Å². The summed E-state index contributed by atoms with van der Waals surface area (Å²) in [5.41, 5.74) is 2.54. The van der Waals surface area contributed by atoms with Gasteiger partial charge in [-0.1, -0.05) is 17.7 Å². The van der Waals surface area contributed by atoms with Gasteiger partial charge in [-0.05, 0) is 32.1 Å². The van der Waals surface area contributed by atoms with Crippen LogP contribution in [0.5, 0.6) is 5.75 Å². The van der Waals surface area contributed by atoms with Crippen LogP contribution in [0.1, 0.15) is 18.1 Å². The maximum absolute atomic E-state index is 5.51. The Morgan fingerprint density at radius 3 is 2.52 bits per heavy atom. The standard InChI is InChI=1S/C18H27N5OS/c1-4-22-13-19-23(18(22)25)14-21-9-7-20(8-10-21)12-16-11-15(2)5-6-17(16)24-3/h5-6,11,13H,4,7-10,12,14H2,1-3H3. The third-order valence-corrected chi connectivity index (χ3v) is 5.21. The van der Waals surface area contributed by atoms with Gasteiger partial charge in [-0.25, -0.2) is 4.68 Å². The van der Waals surface area contributed by atoms with E-state index in [0.717, 1.165) is 56.5 Å². The molecular formula is C18H27N5OS. The number of hydrogen-bond acceptors (Lipinski definition) is 5. The van der Waals surface area contributed by atoms with Gasteiger partial charge in [0.2, 0.25) is 0 Å². The van der Waals surface area contributed by atoms with Gasteiger partial charge < -0.3 is 9.30 Å². The Hall–Kier alpha value is -1.70. The number of aromatic nitrogens is 3. The summed E-state index contributed by atoms with van der Waals surface area (Å²) >= 11 is 5.46. The molecule has 0 spiro atoms. The van der Waals surface area contributed by atoms with E-state index in [0.29, 0.717) is 0 Å². The van der Waals surface area contributed by atoms with E-state index in [9.17, 15) is 0 Å². The lowest BCUT2D eigenvalue weighted by molar-refractivity contribution is 0.0974. The fraction of sp³-hybridized carbons (Fsp3) is 0.556. The first-order valence-corrected chi connectivity index (χ1v) is 9.22. The van der Waals surface area contributed by atoms with Crippen LogP contribution in [0.3, 0.4) is 0 Å². The van der Waals surface area contributed by atoms with E-state index >= 15 is 0 Å². The van der Waals surface area contributed by atoms with E-state index in [1.165, 1.54) is 11.1 Å². The van der Waals surface area contributed by atoms with Crippen LogP contribution in [-0.2, 0) is 19.8 Å². The number of aryl methyl sites for hydroxylation is 2. The number of ether oxygens (including phenoxy) is 1. The second-order valence-electron chi connectivity index (χ2n) is 6.55. The number of benzene rings is 1. The number of piperazine rings is 1. The Morgan fingerprint density at radius 1 is 1.16 bits per heavy atom. The van der Waals surface area contributed by atoms with E-state index in [1.54, 1.807) is 7.11 Å². The van der Waals surface area contributed by atoms with Crippen molar-refractivity contribution in [3.8, 4) is 5.75 Å². The van der Waals surface area contributed by atoms with Crippen molar-refractivity contribution in [1.29, 1.82) is 0 Å². The zero-order valence-corrected chi connectivity index (χ0v) is 16.1. The van der Waals surface area contributed by atoms with Crippen LogP contribution in [0.4, 0.5) is 0 Å². The van der Waals surface area contributed by atoms with Gasteiger partial charge in [0.05, 0.1) is 13.8 Å². The SMILES string of the molecule is CCn1cnn(CN2CCN(Cc3cc(C)ccc3OC)CC2)c1=S. The summed E-state index contributed by atoms with van der Waals surface area (Å²) in [6, 6.07) is 6.38. The largest absolute Gasteiger partial charge is 0.496 e. The predicted molar refractivity (Wildman–Crippen MR) is 101 cm³/mol. The van der Waals surface area contributed by atoms with Crippen LogP contribution in [0.25, 0.3) is 0 Å². The van der Waals surface area contributed by atoms with E-state index in [1.807, 2.05) is 15.6 Å². The Labute approximate surface area is 154 Å². The fourth-order valence-corrected chi connectivity index (χ4v) is 3.52. The van der Waals surface area contributed by atoms with Gasteiger partial charge >= 0.3 is 0 Å². The lowest BCUT2D eigenvalue weighted by Crippen LogP contribution is -2.46. The third-order valence-electron chi connectivity index (χ3n) is 4.77. The first kappa shape index (κ1) is 18.1. The third kappa shape index (κ3) is 4.29. The molecule has 0 amide bonds. The predicted octanol–water partition coefficient (Wildman–Crippen LogP) is 2.53. The summed E-state index contributed by atoms with van der Waals surface area (Å²) in [5, 5.41) is 4.40. The second kappa shape index (κ2) is 8.12. The quantitative estimate of drug-likeness (QED) is 0.739. The molecule has 1 fully saturated rings. The number of rotatable bonds is 6. The van der Waals surface area contributed by atoms with Crippen molar-refractivity contribution in [3.63, 3.8) is 0 Å². The molecular weight excluding hydrogens is 334 g/mol. The number of methoxy groups -OCH3 is 1. The van der Waals surface area contributed by atoms with Crippen LogP contribution >= 0.6 is 12.2 Å². The topological polar surface area (TPSA) is 38.5 Å². The summed E-state index contributed by atoms with van der Waals surface area (Å²) < 4.78 is 10.2. The summed E-state index contributed by atoms with van der Waals surface area (Å²) in [6.07, 6.45) is 1.82. The molecule has 2 heterocycles. The minimum Gasteiger partial charge on any atom is -0.496 e. The van der Waals surface area contributed by atoms with Crippen molar-refractivity contribution < 1.29 is 4.74 Å². The molecule has 0 unspecified atom stereocenters. The van der Waals surface area contributed by atoms with Gasteiger partial charge in [0.1, 0.15) is 12.1 Å². The fourth-order valence-electron chi connectivity index (χ4n) is 3.24. The normalized spacial score (nSPS) is 16.3. The molecule has 0 bridgehead atoms. The van der Waals surface area contributed by atoms with Gasteiger partial charge in [0.15, 0.2) is 4.77 Å². The molecule has 0 saturated carbocycles. The number of hydrogen-bond donors (Lipinski definition) is 0. The van der Waals surface area contributed by atoms with Crippen molar-refractivity contribution in [1.82, 2.24) is 24.1 Å². The molecule has 0 N–H and O–H groups in total. The van der Waals surface area contributed by atoms with Crippen LogP contribution in [0, 0.1) is 11.7 Å². The Morgan fingerprint density at radius 2 is 1.88 bits per heavy atom. The zero-order chi connectivity index (χ0) is 17.8. The van der Waals surface area contributed by atoms with Crippen molar-refractivity contribution in [2.45, 2.75) is 33.6 Å². The summed E-state index contributed by atoms with van der Waals surface area (Å²) in [4.78, 5) is 4.89. The first-order chi connectivity index (χ1) is 12.1. The monoisotopic (exact) mass is 361 g/mol. The molecule has 7 heteroatoms. The first-order valence-electron chi connectivity index (χ1n) is 8.81. The van der Waals surface area contributed by atoms with E-state index in [2.05, 4.69) is 46.9 Å². The van der Waals surface area contributed by atoms with Crippen molar-refractivity contribution in [3.05, 3.63) is 40.4 Å². The van der Waals surface area contributed by atoms with E-state index in [-0.39, 0.29) is 0 Å². The number of nitrogens with zero attached hydrogens (tertiary/aromatic N) is 5. The molecule has 1 aliphatic heterocycles. The highest BCUT2D eigenvalue weighted by atomic mass is 32.1. The lowest BCUT2D eigenvalue weighted by atomic mass is 10.1. The molecule has 0 atom stereocenters. The molecule has 25 heavy (non-hydrogen) atoms. The van der Waals surface area contributed by atoms with Gasteiger partial charge in [-0.3, -0.25) is 9.80 Å². The highest BCUT2D eigenvalue weighted by molar-refractivity contribution is 7.71. The molecule has 2 aromatic rings. The maximum Gasteiger partial charge on any atom is 0.198 e. The van der Waals surface area contributed by atoms with Crippen LogP contribution < -0.4 is 4.74 Å². The highest BCUT2D eigenvalue weighted by Gasteiger charge is 2.19. The minimum atomic E-state index is 0.771. The summed E-state index contributed by atoms with van der Waals surface area (Å²) in [6.45, 7) is 10.9. The summed E-state index contributed by atoms with van der Waals surface area (Å²) in [5.74, 6) is 0.976. The van der Waals surface area contributed by atoms with E-state index in [4.69, 9.17) is 17.0 Å². The molecule has 0 aliphatic carbocycles. The van der Waals surface area contributed by atoms with Crippen molar-refractivity contribution in [2.75, 3.05) is 33.3 Å². The minimum absolute atomic E-state index is 0.771. The maximum atomic E-state index is 5.51. The van der Waals surface area contributed by atoms with E-state index < -0.39 is 0 Å². The molecule has 1 saturated heterocycles. The molecule has 136 valence electrons. The van der Waals surface area contributed by atoms with Crippen LogP contribution in [0.2, 0.25) is 0 Å². The average molecular weight is 362 g/mol. The van der Waals surface area contributed by atoms with Gasteiger partial charge in [-0.2, -0.15) is 5.10 Å². The molecule has 3 rings (SSSR count). The van der Waals surface area contributed by atoms with Crippen LogP contribution in [-0.4, -0.2) is 57.4 Å². The van der Waals surface area contributed by atoms with Gasteiger partial charge in [-0.15, -0.1) is 0 Å². The second-order valence-corrected chi connectivity index (χ2v) is 6.92. The molecule has 0 radical (unpaired) electrons. The van der Waals surface area contributed by atoms with Gasteiger partial charge in [0.25, 0.3) is 0 Å². The zero-order valence-electron chi connectivity index (χ0n) is 15.3. The Balaban J connectivity index is 1.56. The molecule has 1 aromatic carbocycles. The highest BCUT2D eigenvalue weighted by Crippen LogP contribution is 2.22. The summed E-state index contributed by atoms with van der Waals surface area (Å²) in [7, 11) is 1.74. The van der Waals surface area contributed by atoms with Gasteiger partial charge in [0, 0.05) is 44.8 Å².